The normalized spacial score (nSPS) is 10.9. The summed E-state index contributed by atoms with van der Waals surface area (Å²) < 4.78 is 2.33. The van der Waals surface area contributed by atoms with Crippen molar-refractivity contribution in [2.45, 2.75) is 46.1 Å². The summed E-state index contributed by atoms with van der Waals surface area (Å²) in [6, 6.07) is 49.9. The largest absolute Gasteiger partial charge is 0.203 e. The lowest BCUT2D eigenvalue weighted by Gasteiger charge is -2.44. The van der Waals surface area contributed by atoms with Gasteiger partial charge in [0.15, 0.2) is 11.9 Å². The summed E-state index contributed by atoms with van der Waals surface area (Å²) in [5, 5.41) is 0. The second-order valence-corrected chi connectivity index (χ2v) is 10.1. The van der Waals surface area contributed by atoms with Gasteiger partial charge in [0.1, 0.15) is 12.7 Å². The van der Waals surface area contributed by atoms with Crippen LogP contribution in [0.3, 0.4) is 0 Å². The van der Waals surface area contributed by atoms with Crippen LogP contribution in [-0.2, 0) is 6.54 Å². The predicted octanol–water partition coefficient (Wildman–Crippen LogP) is 5.93. The monoisotopic (exact) mass is 497 g/mol. The summed E-state index contributed by atoms with van der Waals surface area (Å²) in [5.41, 5.74) is 6.72. The first-order valence-corrected chi connectivity index (χ1v) is 14.1. The van der Waals surface area contributed by atoms with Gasteiger partial charge < -0.3 is 0 Å². The molecule has 0 fully saturated rings. The van der Waals surface area contributed by atoms with Crippen molar-refractivity contribution < 1.29 is 4.57 Å². The van der Waals surface area contributed by atoms with Crippen LogP contribution in [0.25, 0.3) is 0 Å². The van der Waals surface area contributed by atoms with E-state index in [-0.39, 0.29) is 0 Å². The average Bonchev–Trinajstić information content (AvgIpc) is 2.99. The molecule has 0 bridgehead atoms. The van der Waals surface area contributed by atoms with Gasteiger partial charge in [0.05, 0.1) is 0 Å². The Morgan fingerprint density at radius 3 is 1.24 bits per heavy atom. The van der Waals surface area contributed by atoms with Crippen molar-refractivity contribution in [3.63, 3.8) is 0 Å². The zero-order valence-electron chi connectivity index (χ0n) is 22.9. The van der Waals surface area contributed by atoms with Gasteiger partial charge >= 0.3 is 0 Å². The summed E-state index contributed by atoms with van der Waals surface area (Å²) >= 11 is 0. The molecule has 2 heteroatoms. The Balaban J connectivity index is 0.000000219. The van der Waals surface area contributed by atoms with E-state index in [1.807, 2.05) is 0 Å². The van der Waals surface area contributed by atoms with Gasteiger partial charge in [-0.3, -0.25) is 0 Å². The molecule has 0 aliphatic heterocycles. The summed E-state index contributed by atoms with van der Waals surface area (Å²) in [6.07, 6.45) is 6.31. The van der Waals surface area contributed by atoms with Crippen LogP contribution < -0.4 is 26.4 Å². The molecule has 0 saturated heterocycles. The number of unbranched alkanes of at least 4 members (excludes halogenated alkanes) is 3. The summed E-state index contributed by atoms with van der Waals surface area (Å²) in [5.74, 6) is 0. The topological polar surface area (TPSA) is 3.88 Å². The Kier molecular flexibility index (Phi) is 10.1. The predicted molar refractivity (Wildman–Crippen MR) is 166 cm³/mol. The number of aromatic nitrogens is 1. The smallest absolute Gasteiger partial charge is 0.178 e. The fraction of sp³-hybridized carbons (Fsp3) is 0.194. The van der Waals surface area contributed by atoms with Gasteiger partial charge in [-0.05, 0) is 6.42 Å². The SMILES string of the molecule is CCCCCC[n+]1ccccc1C.c1ccc([B-](c2ccccc2)(c2ccccc2)c2ccccc2)cc1. The quantitative estimate of drug-likeness (QED) is 0.135. The number of nitrogens with zero attached hydrogens (tertiary/aromatic N) is 1. The molecule has 38 heavy (non-hydrogen) atoms. The van der Waals surface area contributed by atoms with Crippen LogP contribution in [0.1, 0.15) is 38.3 Å². The Labute approximate surface area is 229 Å². The molecule has 5 rings (SSSR count). The summed E-state index contributed by atoms with van der Waals surface area (Å²) in [6.45, 7) is 5.59. The van der Waals surface area contributed by atoms with E-state index in [9.17, 15) is 0 Å². The Morgan fingerprint density at radius 2 is 0.868 bits per heavy atom. The van der Waals surface area contributed by atoms with Crippen molar-refractivity contribution in [3.05, 3.63) is 151 Å². The third-order valence-electron chi connectivity index (χ3n) is 7.62. The highest BCUT2D eigenvalue weighted by Gasteiger charge is 2.31. The third kappa shape index (κ3) is 6.50. The number of hydrogen-bond donors (Lipinski definition) is 0. The van der Waals surface area contributed by atoms with Crippen molar-refractivity contribution in [2.24, 2.45) is 0 Å². The van der Waals surface area contributed by atoms with E-state index in [0.29, 0.717) is 0 Å². The molecule has 0 atom stereocenters. The second-order valence-electron chi connectivity index (χ2n) is 10.1. The molecule has 0 saturated carbocycles. The zero-order valence-corrected chi connectivity index (χ0v) is 22.9. The van der Waals surface area contributed by atoms with Crippen LogP contribution in [0, 0.1) is 6.92 Å². The van der Waals surface area contributed by atoms with Crippen LogP contribution in [0.4, 0.5) is 0 Å². The van der Waals surface area contributed by atoms with Crippen LogP contribution in [0.5, 0.6) is 0 Å². The van der Waals surface area contributed by atoms with E-state index in [2.05, 4.69) is 164 Å². The average molecular weight is 498 g/mol. The van der Waals surface area contributed by atoms with Gasteiger partial charge in [0.25, 0.3) is 0 Å². The molecule has 0 amide bonds. The van der Waals surface area contributed by atoms with Gasteiger partial charge in [-0.25, -0.2) is 4.57 Å². The van der Waals surface area contributed by atoms with E-state index >= 15 is 0 Å². The van der Waals surface area contributed by atoms with E-state index in [0.717, 1.165) is 0 Å². The summed E-state index contributed by atoms with van der Waals surface area (Å²) in [7, 11) is 0. The highest BCUT2D eigenvalue weighted by molar-refractivity contribution is 7.19. The van der Waals surface area contributed by atoms with E-state index in [1.54, 1.807) is 0 Å². The minimum Gasteiger partial charge on any atom is -0.203 e. The van der Waals surface area contributed by atoms with Gasteiger partial charge in [-0.15, -0.1) is 0 Å². The molecule has 0 N–H and O–H groups in total. The minimum absolute atomic E-state index is 1.17. The first kappa shape index (κ1) is 27.1. The van der Waals surface area contributed by atoms with E-state index in [1.165, 1.54) is 59.8 Å². The van der Waals surface area contributed by atoms with Crippen LogP contribution in [0.2, 0.25) is 0 Å². The molecule has 0 aliphatic rings. The number of pyridine rings is 1. The molecule has 4 aromatic carbocycles. The van der Waals surface area contributed by atoms with Gasteiger partial charge in [-0.1, -0.05) is 147 Å². The van der Waals surface area contributed by atoms with Crippen molar-refractivity contribution in [3.8, 4) is 0 Å². The zero-order chi connectivity index (χ0) is 26.5. The molecule has 0 radical (unpaired) electrons. The molecular weight excluding hydrogens is 457 g/mol. The van der Waals surface area contributed by atoms with E-state index in [4.69, 9.17) is 0 Å². The van der Waals surface area contributed by atoms with Crippen molar-refractivity contribution in [2.75, 3.05) is 0 Å². The summed E-state index contributed by atoms with van der Waals surface area (Å²) in [4.78, 5) is 0. The maximum Gasteiger partial charge on any atom is 0.178 e. The van der Waals surface area contributed by atoms with E-state index < -0.39 is 6.15 Å². The lowest BCUT2D eigenvalue weighted by atomic mass is 9.13. The molecule has 1 nitrogen and oxygen atoms in total. The standard InChI is InChI=1S/C24H20B.C12H20N/c1-5-13-21(14-6-1)25(22-15-7-2-8-16-22,23-17-9-3-10-18-23)24-19-11-4-12-20-24;1-3-4-5-7-10-13-11-8-6-9-12(13)2/h1-20H;6,8-9,11H,3-5,7,10H2,1-2H3/q-1;+1. The Morgan fingerprint density at radius 1 is 0.474 bits per heavy atom. The molecule has 0 unspecified atom stereocenters. The van der Waals surface area contributed by atoms with Crippen LogP contribution in [0.15, 0.2) is 146 Å². The Bertz CT molecular complexity index is 1170. The van der Waals surface area contributed by atoms with Gasteiger partial charge in [-0.2, -0.15) is 21.9 Å². The van der Waals surface area contributed by atoms with Crippen molar-refractivity contribution in [1.29, 1.82) is 0 Å². The Hall–Kier alpha value is -3.91. The first-order valence-electron chi connectivity index (χ1n) is 14.1. The van der Waals surface area contributed by atoms with Crippen LogP contribution in [-0.4, -0.2) is 6.15 Å². The molecule has 1 aromatic heterocycles. The fourth-order valence-corrected chi connectivity index (χ4v) is 5.64. The maximum atomic E-state index is 2.33. The highest BCUT2D eigenvalue weighted by atomic mass is 14.9. The number of hydrogen-bond acceptors (Lipinski definition) is 0. The first-order chi connectivity index (χ1) is 18.8. The molecule has 192 valence electrons. The van der Waals surface area contributed by atoms with Gasteiger partial charge in [0.2, 0.25) is 0 Å². The molecule has 1 heterocycles. The second kappa shape index (κ2) is 14.1. The third-order valence-corrected chi connectivity index (χ3v) is 7.62. The molecule has 5 aromatic rings. The molecular formula is C36H40BN. The lowest BCUT2D eigenvalue weighted by Crippen LogP contribution is -2.74. The fourth-order valence-electron chi connectivity index (χ4n) is 5.64. The lowest BCUT2D eigenvalue weighted by molar-refractivity contribution is -0.703. The van der Waals surface area contributed by atoms with Crippen molar-refractivity contribution in [1.82, 2.24) is 0 Å². The number of aryl methyl sites for hydroxylation is 2. The van der Waals surface area contributed by atoms with Crippen LogP contribution >= 0.6 is 0 Å². The van der Waals surface area contributed by atoms with Gasteiger partial charge in [0, 0.05) is 25.5 Å². The minimum atomic E-state index is -1.22. The highest BCUT2D eigenvalue weighted by Crippen LogP contribution is 2.09. The van der Waals surface area contributed by atoms with Crippen molar-refractivity contribution >= 4 is 28.0 Å². The molecule has 0 aliphatic carbocycles. The maximum absolute atomic E-state index is 2.33. The number of benzene rings is 4. The molecule has 0 spiro atoms. The number of rotatable bonds is 9.